The van der Waals surface area contributed by atoms with Gasteiger partial charge in [-0.15, -0.1) is 0 Å². The molecule has 4 heterocycles. The van der Waals surface area contributed by atoms with Gasteiger partial charge in [-0.25, -0.2) is 0 Å². The molecule has 0 fully saturated rings. The fourth-order valence-electron chi connectivity index (χ4n) is 2.76. The average Bonchev–Trinajstić information content (AvgIpc) is 2.85. The smallest absolute Gasteiger partial charge is 0.388 e. The van der Waals surface area contributed by atoms with E-state index in [-0.39, 0.29) is 10.4 Å². The van der Waals surface area contributed by atoms with Crippen LogP contribution >= 0.6 is 0 Å². The van der Waals surface area contributed by atoms with E-state index in [1.807, 2.05) is 12.1 Å². The molecule has 0 bridgehead atoms. The summed E-state index contributed by atoms with van der Waals surface area (Å²) in [6.07, 6.45) is 5.82. The van der Waals surface area contributed by atoms with Crippen LogP contribution in [0.5, 0.6) is 0 Å². The summed E-state index contributed by atoms with van der Waals surface area (Å²) in [6.45, 7) is 0. The lowest BCUT2D eigenvalue weighted by Gasteiger charge is -2.21. The Morgan fingerprint density at radius 2 is 0.970 bits per heavy atom. The Hall–Kier alpha value is -2.99. The van der Waals surface area contributed by atoms with Crippen molar-refractivity contribution < 1.29 is 27.4 Å². The van der Waals surface area contributed by atoms with Crippen LogP contribution in [0.4, 0.5) is 0 Å². The van der Waals surface area contributed by atoms with Gasteiger partial charge in [0.05, 0.1) is 22.8 Å². The van der Waals surface area contributed by atoms with Gasteiger partial charge in [0.25, 0.3) is 0 Å². The third kappa shape index (κ3) is 5.69. The molecule has 2 radical (unpaired) electrons. The maximum absolute atomic E-state index is 10.4. The Bertz CT molecular complexity index is 1090. The first-order valence-electron chi connectivity index (χ1n) is 9.61. The Labute approximate surface area is 193 Å². The first kappa shape index (κ1) is 23.2. The second-order valence-corrected chi connectivity index (χ2v) is 12.2. The van der Waals surface area contributed by atoms with Crippen LogP contribution in [0.15, 0.2) is 85.5 Å². The highest BCUT2D eigenvalue weighted by atomic mass is 28.5. The minimum atomic E-state index is -4.38. The zero-order valence-electron chi connectivity index (χ0n) is 17.0. The number of pyridine rings is 4. The Kier molecular flexibility index (Phi) is 6.94. The van der Waals surface area contributed by atoms with E-state index in [9.17, 15) is 19.2 Å². The highest BCUT2D eigenvalue weighted by Crippen LogP contribution is 2.13. The molecular formula is C20H18N4O6Si3. The molecule has 4 aromatic heterocycles. The standard InChI is InChI=1S/C20H18N4O6Si3/c25-32(26,15-7-9-19(23-13-15)17-5-1-3-11-21-17)29-31-30-33(27,28)16-8-10-20(24-14-16)18-6-2-4-12-22-18/h1-14,25-28H. The van der Waals surface area contributed by atoms with E-state index in [2.05, 4.69) is 19.9 Å². The van der Waals surface area contributed by atoms with E-state index in [0.29, 0.717) is 22.8 Å². The summed E-state index contributed by atoms with van der Waals surface area (Å²) in [5.41, 5.74) is 2.39. The molecule has 4 aromatic rings. The molecule has 0 aliphatic heterocycles. The van der Waals surface area contributed by atoms with Gasteiger partial charge in [0.1, 0.15) is 0 Å². The largest absolute Gasteiger partial charge is 0.524 e. The maximum Gasteiger partial charge on any atom is 0.524 e. The van der Waals surface area contributed by atoms with E-state index < -0.39 is 27.6 Å². The molecule has 0 saturated carbocycles. The Morgan fingerprint density at radius 1 is 0.545 bits per heavy atom. The molecule has 0 aromatic carbocycles. The fraction of sp³-hybridized carbons (Fsp3) is 0. The van der Waals surface area contributed by atoms with Crippen molar-refractivity contribution in [2.75, 3.05) is 0 Å². The van der Waals surface area contributed by atoms with E-state index in [1.54, 1.807) is 48.8 Å². The van der Waals surface area contributed by atoms with Crippen molar-refractivity contribution in [3.05, 3.63) is 85.5 Å². The van der Waals surface area contributed by atoms with Crippen LogP contribution in [-0.2, 0) is 8.23 Å². The van der Waals surface area contributed by atoms with Gasteiger partial charge in [-0.05, 0) is 36.4 Å². The molecule has 4 rings (SSSR count). The minimum Gasteiger partial charge on any atom is -0.388 e. The lowest BCUT2D eigenvalue weighted by Crippen LogP contribution is -2.57. The van der Waals surface area contributed by atoms with Crippen LogP contribution in [-0.4, -0.2) is 66.7 Å². The summed E-state index contributed by atoms with van der Waals surface area (Å²) in [7, 11) is -9.78. The van der Waals surface area contributed by atoms with Crippen molar-refractivity contribution in [1.82, 2.24) is 19.9 Å². The molecule has 0 unspecified atom stereocenters. The quantitative estimate of drug-likeness (QED) is 0.228. The third-order valence-electron chi connectivity index (χ3n) is 4.50. The highest BCUT2D eigenvalue weighted by molar-refractivity contribution is 6.79. The number of rotatable bonds is 8. The van der Waals surface area contributed by atoms with Crippen LogP contribution in [0.3, 0.4) is 0 Å². The van der Waals surface area contributed by atoms with Crippen LogP contribution in [0, 0.1) is 0 Å². The molecule has 33 heavy (non-hydrogen) atoms. The van der Waals surface area contributed by atoms with Gasteiger partial charge in [-0.2, -0.15) is 0 Å². The predicted octanol–water partition coefficient (Wildman–Crippen LogP) is -0.871. The van der Waals surface area contributed by atoms with Gasteiger partial charge < -0.3 is 27.4 Å². The van der Waals surface area contributed by atoms with Gasteiger partial charge in [0.15, 0.2) is 0 Å². The van der Waals surface area contributed by atoms with Crippen molar-refractivity contribution in [2.45, 2.75) is 0 Å². The topological polar surface area (TPSA) is 151 Å². The molecule has 13 heteroatoms. The summed E-state index contributed by atoms with van der Waals surface area (Å²) in [6, 6.07) is 16.9. The summed E-state index contributed by atoms with van der Waals surface area (Å²) in [5.74, 6) is 0. The SMILES string of the molecule is O[Si](O)(O[Si]O[Si](O)(O)c1ccc(-c2ccccn2)nc1)c1ccc(-c2ccccn2)nc1. The summed E-state index contributed by atoms with van der Waals surface area (Å²) in [5, 5.41) is 0.144. The second-order valence-electron chi connectivity index (χ2n) is 6.80. The summed E-state index contributed by atoms with van der Waals surface area (Å²) >= 11 is 0. The fourth-order valence-corrected chi connectivity index (χ4v) is 6.24. The number of hydrogen-bond acceptors (Lipinski definition) is 10. The van der Waals surface area contributed by atoms with E-state index >= 15 is 0 Å². The van der Waals surface area contributed by atoms with E-state index in [1.165, 1.54) is 24.5 Å². The molecular weight excluding hydrogens is 477 g/mol. The lowest BCUT2D eigenvalue weighted by molar-refractivity contribution is 0.218. The normalized spacial score (nSPS) is 12.0. The van der Waals surface area contributed by atoms with Crippen LogP contribution < -0.4 is 10.4 Å². The summed E-state index contributed by atoms with van der Waals surface area (Å²) < 4.78 is 10.2. The van der Waals surface area contributed by atoms with Gasteiger partial charge in [0, 0.05) is 35.2 Å². The van der Waals surface area contributed by atoms with Crippen molar-refractivity contribution in [2.24, 2.45) is 0 Å². The maximum atomic E-state index is 10.4. The molecule has 0 saturated heterocycles. The van der Waals surface area contributed by atoms with Gasteiger partial charge >= 0.3 is 27.6 Å². The average molecular weight is 495 g/mol. The first-order valence-corrected chi connectivity index (χ1v) is 14.0. The second kappa shape index (κ2) is 9.87. The highest BCUT2D eigenvalue weighted by Gasteiger charge is 2.41. The van der Waals surface area contributed by atoms with Gasteiger partial charge in [0.2, 0.25) is 0 Å². The molecule has 0 aliphatic rings. The van der Waals surface area contributed by atoms with Crippen molar-refractivity contribution in [1.29, 1.82) is 0 Å². The Balaban J connectivity index is 1.37. The predicted molar refractivity (Wildman–Crippen MR) is 123 cm³/mol. The van der Waals surface area contributed by atoms with E-state index in [4.69, 9.17) is 8.23 Å². The molecule has 0 amide bonds. The van der Waals surface area contributed by atoms with Gasteiger partial charge in [-0.1, -0.05) is 24.3 Å². The first-order chi connectivity index (χ1) is 15.9. The zero-order valence-corrected chi connectivity index (χ0v) is 20.0. The molecule has 166 valence electrons. The van der Waals surface area contributed by atoms with Crippen molar-refractivity contribution in [3.8, 4) is 22.8 Å². The molecule has 0 atom stereocenters. The van der Waals surface area contributed by atoms with E-state index in [0.717, 1.165) is 0 Å². The Morgan fingerprint density at radius 3 is 1.30 bits per heavy atom. The van der Waals surface area contributed by atoms with Crippen LogP contribution in [0.1, 0.15) is 0 Å². The zero-order chi connectivity index (χ0) is 23.3. The minimum absolute atomic E-state index is 0.0720. The van der Waals surface area contributed by atoms with Crippen molar-refractivity contribution >= 4 is 38.0 Å². The summed E-state index contributed by atoms with van der Waals surface area (Å²) in [4.78, 5) is 58.1. The van der Waals surface area contributed by atoms with Crippen LogP contribution in [0.2, 0.25) is 0 Å². The number of hydrogen-bond donors (Lipinski definition) is 4. The lowest BCUT2D eigenvalue weighted by atomic mass is 10.2. The van der Waals surface area contributed by atoms with Crippen molar-refractivity contribution in [3.63, 3.8) is 0 Å². The van der Waals surface area contributed by atoms with Crippen LogP contribution in [0.25, 0.3) is 22.8 Å². The number of aromatic nitrogens is 4. The van der Waals surface area contributed by atoms with Gasteiger partial charge in [-0.3, -0.25) is 19.9 Å². The molecule has 0 aliphatic carbocycles. The monoisotopic (exact) mass is 494 g/mol. The molecule has 0 spiro atoms. The molecule has 10 nitrogen and oxygen atoms in total. The molecule has 4 N–H and O–H groups in total. The third-order valence-corrected chi connectivity index (χ3v) is 9.54. The number of nitrogens with zero attached hydrogens (tertiary/aromatic N) is 4.